The van der Waals surface area contributed by atoms with Crippen LogP contribution in [0.4, 0.5) is 10.2 Å². The maximum absolute atomic E-state index is 13.4. The summed E-state index contributed by atoms with van der Waals surface area (Å²) in [6.07, 6.45) is 0. The fraction of sp³-hybridized carbons (Fsp3) is 0.200. The minimum absolute atomic E-state index is 0.190. The largest absolute Gasteiger partial charge is 0.454 e. The van der Waals surface area contributed by atoms with E-state index in [0.717, 1.165) is 6.07 Å². The Hall–Kier alpha value is -3.23. The van der Waals surface area contributed by atoms with Gasteiger partial charge < -0.3 is 19.9 Å². The Morgan fingerprint density at radius 3 is 2.71 bits per heavy atom. The number of aryl methyl sites for hydroxylation is 1. The lowest BCUT2D eigenvalue weighted by Crippen LogP contribution is -2.32. The number of nitrogens with zero attached hydrogens (tertiary/aromatic N) is 1. The second kappa shape index (κ2) is 7.86. The van der Waals surface area contributed by atoms with Crippen molar-refractivity contribution in [3.8, 4) is 0 Å². The molecule has 1 aromatic carbocycles. The zero-order valence-electron chi connectivity index (χ0n) is 12.7. The molecule has 0 saturated heterocycles. The van der Waals surface area contributed by atoms with Crippen LogP contribution in [0.3, 0.4) is 0 Å². The van der Waals surface area contributed by atoms with Crippen LogP contribution in [0.15, 0.2) is 34.9 Å². The average molecular weight is 335 g/mol. The van der Waals surface area contributed by atoms with Crippen molar-refractivity contribution in [3.63, 3.8) is 0 Å². The first-order chi connectivity index (χ1) is 11.5. The molecule has 0 aliphatic carbocycles. The molecule has 0 spiro atoms. The van der Waals surface area contributed by atoms with E-state index in [0.29, 0.717) is 5.76 Å². The van der Waals surface area contributed by atoms with Gasteiger partial charge in [0.2, 0.25) is 0 Å². The van der Waals surface area contributed by atoms with Gasteiger partial charge in [0.05, 0.1) is 5.56 Å². The fourth-order valence-electron chi connectivity index (χ4n) is 1.69. The zero-order chi connectivity index (χ0) is 17.5. The third-order valence-electron chi connectivity index (χ3n) is 2.77. The molecule has 2 aromatic rings. The summed E-state index contributed by atoms with van der Waals surface area (Å²) in [5.74, 6) is -2.21. The summed E-state index contributed by atoms with van der Waals surface area (Å²) >= 11 is 0. The highest BCUT2D eigenvalue weighted by atomic mass is 19.1. The van der Waals surface area contributed by atoms with E-state index >= 15 is 0 Å². The lowest BCUT2D eigenvalue weighted by Gasteiger charge is -2.07. The first-order valence-corrected chi connectivity index (χ1v) is 6.87. The molecular formula is C15H14FN3O5. The molecule has 0 fully saturated rings. The van der Waals surface area contributed by atoms with Crippen molar-refractivity contribution in [1.29, 1.82) is 0 Å². The molecule has 0 unspecified atom stereocenters. The molecule has 0 bridgehead atoms. The molecule has 1 heterocycles. The summed E-state index contributed by atoms with van der Waals surface area (Å²) in [5, 5.41) is 8.11. The van der Waals surface area contributed by atoms with E-state index in [1.165, 1.54) is 24.3 Å². The molecule has 0 aliphatic rings. The Kier molecular flexibility index (Phi) is 5.61. The second-order valence-corrected chi connectivity index (χ2v) is 4.69. The number of nitrogens with one attached hydrogen (secondary N) is 2. The highest BCUT2D eigenvalue weighted by Crippen LogP contribution is 2.07. The first-order valence-electron chi connectivity index (χ1n) is 6.87. The molecule has 2 N–H and O–H groups in total. The first kappa shape index (κ1) is 17.1. The maximum atomic E-state index is 13.4. The SMILES string of the molecule is Cc1cc(NC(=O)COC(=O)CNC(=O)c2ccccc2F)no1. The van der Waals surface area contributed by atoms with Crippen LogP contribution in [0.2, 0.25) is 0 Å². The van der Waals surface area contributed by atoms with Crippen molar-refractivity contribution < 1.29 is 28.0 Å². The van der Waals surface area contributed by atoms with Crippen LogP contribution in [0.1, 0.15) is 16.1 Å². The Labute approximate surface area is 136 Å². The Bertz CT molecular complexity index is 759. The molecule has 0 radical (unpaired) electrons. The fourth-order valence-corrected chi connectivity index (χ4v) is 1.69. The number of hydrogen-bond donors (Lipinski definition) is 2. The molecular weight excluding hydrogens is 321 g/mol. The lowest BCUT2D eigenvalue weighted by molar-refractivity contribution is -0.146. The highest BCUT2D eigenvalue weighted by Gasteiger charge is 2.14. The quantitative estimate of drug-likeness (QED) is 0.763. The van der Waals surface area contributed by atoms with Gasteiger partial charge in [-0.3, -0.25) is 14.4 Å². The second-order valence-electron chi connectivity index (χ2n) is 4.69. The Morgan fingerprint density at radius 1 is 1.29 bits per heavy atom. The number of rotatable bonds is 6. The molecule has 126 valence electrons. The summed E-state index contributed by atoms with van der Waals surface area (Å²) in [6.45, 7) is 0.602. The van der Waals surface area contributed by atoms with E-state index < -0.39 is 36.8 Å². The predicted molar refractivity (Wildman–Crippen MR) is 79.6 cm³/mol. The number of anilines is 1. The predicted octanol–water partition coefficient (Wildman–Crippen LogP) is 1.03. The van der Waals surface area contributed by atoms with Gasteiger partial charge >= 0.3 is 5.97 Å². The van der Waals surface area contributed by atoms with Gasteiger partial charge in [0.15, 0.2) is 12.4 Å². The number of halogens is 1. The van der Waals surface area contributed by atoms with Gasteiger partial charge in [0.25, 0.3) is 11.8 Å². The number of aromatic nitrogens is 1. The van der Waals surface area contributed by atoms with Gasteiger partial charge in [-0.2, -0.15) is 0 Å². The maximum Gasteiger partial charge on any atom is 0.325 e. The molecule has 1 aromatic heterocycles. The van der Waals surface area contributed by atoms with Crippen molar-refractivity contribution in [3.05, 3.63) is 47.5 Å². The Morgan fingerprint density at radius 2 is 2.04 bits per heavy atom. The molecule has 2 amide bonds. The van der Waals surface area contributed by atoms with E-state index in [9.17, 15) is 18.8 Å². The minimum atomic E-state index is -0.842. The van der Waals surface area contributed by atoms with Gasteiger partial charge in [0.1, 0.15) is 18.1 Å². The topological polar surface area (TPSA) is 111 Å². The van der Waals surface area contributed by atoms with Crippen LogP contribution in [0.25, 0.3) is 0 Å². The third-order valence-corrected chi connectivity index (χ3v) is 2.77. The zero-order valence-corrected chi connectivity index (χ0v) is 12.7. The van der Waals surface area contributed by atoms with Gasteiger partial charge in [-0.1, -0.05) is 17.3 Å². The van der Waals surface area contributed by atoms with Crippen LogP contribution in [-0.4, -0.2) is 36.1 Å². The number of benzene rings is 1. The van der Waals surface area contributed by atoms with Crippen LogP contribution >= 0.6 is 0 Å². The van der Waals surface area contributed by atoms with Crippen molar-refractivity contribution in [2.75, 3.05) is 18.5 Å². The summed E-state index contributed by atoms with van der Waals surface area (Å²) in [5.41, 5.74) is -0.190. The molecule has 0 saturated carbocycles. The molecule has 9 heteroatoms. The van der Waals surface area contributed by atoms with Crippen molar-refractivity contribution >= 4 is 23.6 Å². The summed E-state index contributed by atoms with van der Waals surface area (Å²) < 4.78 is 22.8. The van der Waals surface area contributed by atoms with Crippen LogP contribution in [0, 0.1) is 12.7 Å². The standard InChI is InChI=1S/C15H14FN3O5/c1-9-6-12(19-24-9)18-13(20)8-23-14(21)7-17-15(22)10-4-2-3-5-11(10)16/h2-6H,7-8H2,1H3,(H,17,22)(H,18,19,20). The van der Waals surface area contributed by atoms with Crippen LogP contribution in [-0.2, 0) is 14.3 Å². The van der Waals surface area contributed by atoms with Gasteiger partial charge in [-0.25, -0.2) is 4.39 Å². The van der Waals surface area contributed by atoms with Crippen molar-refractivity contribution in [1.82, 2.24) is 10.5 Å². The number of ether oxygens (including phenoxy) is 1. The number of esters is 1. The van der Waals surface area contributed by atoms with Crippen LogP contribution in [0.5, 0.6) is 0 Å². The average Bonchev–Trinajstić information content (AvgIpc) is 2.96. The molecule has 0 atom stereocenters. The summed E-state index contributed by atoms with van der Waals surface area (Å²) in [6, 6.07) is 6.84. The molecule has 24 heavy (non-hydrogen) atoms. The monoisotopic (exact) mass is 335 g/mol. The number of carbonyl (C=O) groups excluding carboxylic acids is 3. The molecule has 0 aliphatic heterocycles. The normalized spacial score (nSPS) is 10.1. The van der Waals surface area contributed by atoms with Gasteiger partial charge in [0, 0.05) is 6.07 Å². The Balaban J connectivity index is 1.72. The van der Waals surface area contributed by atoms with Gasteiger partial charge in [-0.15, -0.1) is 0 Å². The molecule has 2 rings (SSSR count). The smallest absolute Gasteiger partial charge is 0.325 e. The minimum Gasteiger partial charge on any atom is -0.454 e. The number of amides is 2. The van der Waals surface area contributed by atoms with E-state index in [4.69, 9.17) is 4.52 Å². The number of carbonyl (C=O) groups is 3. The third kappa shape index (κ3) is 4.90. The van der Waals surface area contributed by atoms with E-state index in [-0.39, 0.29) is 11.4 Å². The van der Waals surface area contributed by atoms with Crippen LogP contribution < -0.4 is 10.6 Å². The van der Waals surface area contributed by atoms with E-state index in [1.807, 2.05) is 0 Å². The van der Waals surface area contributed by atoms with Crippen molar-refractivity contribution in [2.45, 2.75) is 6.92 Å². The highest BCUT2D eigenvalue weighted by molar-refractivity contribution is 5.96. The molecule has 8 nitrogen and oxygen atoms in total. The van der Waals surface area contributed by atoms with Gasteiger partial charge in [-0.05, 0) is 19.1 Å². The lowest BCUT2D eigenvalue weighted by atomic mass is 10.2. The van der Waals surface area contributed by atoms with Crippen molar-refractivity contribution in [2.24, 2.45) is 0 Å². The van der Waals surface area contributed by atoms with E-state index in [1.54, 1.807) is 6.92 Å². The number of hydrogen-bond acceptors (Lipinski definition) is 6. The summed E-state index contributed by atoms with van der Waals surface area (Å²) in [7, 11) is 0. The van der Waals surface area contributed by atoms with E-state index in [2.05, 4.69) is 20.5 Å². The summed E-state index contributed by atoms with van der Waals surface area (Å²) in [4.78, 5) is 34.7.